The average Bonchev–Trinajstić information content (AvgIpc) is 3.04. The maximum atomic E-state index is 4.17. The van der Waals surface area contributed by atoms with Crippen LogP contribution in [0.4, 0.5) is 5.69 Å². The van der Waals surface area contributed by atoms with E-state index in [0.717, 1.165) is 12.5 Å². The first-order valence-electron chi connectivity index (χ1n) is 6.98. The summed E-state index contributed by atoms with van der Waals surface area (Å²) in [6.07, 6.45) is 7.22. The number of para-hydroxylation sites is 1. The number of hydrogen-bond acceptors (Lipinski definition) is 3. The topological polar surface area (TPSA) is 42.7 Å². The number of nitrogens with zero attached hydrogens (tertiary/aromatic N) is 3. The highest BCUT2D eigenvalue weighted by atomic mass is 15.3. The monoisotopic (exact) mass is 256 g/mol. The molecule has 0 unspecified atom stereocenters. The molecule has 1 fully saturated rings. The second kappa shape index (κ2) is 5.43. The van der Waals surface area contributed by atoms with Gasteiger partial charge >= 0.3 is 0 Å². The molecule has 0 spiro atoms. The van der Waals surface area contributed by atoms with Crippen LogP contribution in [0.3, 0.4) is 0 Å². The fourth-order valence-corrected chi connectivity index (χ4v) is 2.85. The maximum Gasteiger partial charge on any atom is 0.137 e. The molecule has 4 nitrogen and oxygen atoms in total. The lowest BCUT2D eigenvalue weighted by Crippen LogP contribution is -2.17. The fourth-order valence-electron chi connectivity index (χ4n) is 2.85. The summed E-state index contributed by atoms with van der Waals surface area (Å²) in [6.45, 7) is 3.11. The number of hydrogen-bond donors (Lipinski definition) is 1. The van der Waals surface area contributed by atoms with Crippen LogP contribution in [-0.2, 0) is 6.54 Å². The predicted molar refractivity (Wildman–Crippen MR) is 76.0 cm³/mol. The Bertz CT molecular complexity index is 521. The molecule has 1 saturated carbocycles. The third-order valence-corrected chi connectivity index (χ3v) is 3.87. The van der Waals surface area contributed by atoms with Crippen molar-refractivity contribution in [1.29, 1.82) is 0 Å². The highest BCUT2D eigenvalue weighted by molar-refractivity contribution is 5.52. The lowest BCUT2D eigenvalue weighted by molar-refractivity contribution is 0.602. The normalized spacial score (nSPS) is 22.6. The lowest BCUT2D eigenvalue weighted by atomic mass is 10.1. The molecule has 3 rings (SSSR count). The van der Waals surface area contributed by atoms with E-state index in [4.69, 9.17) is 0 Å². The molecule has 1 aliphatic rings. The predicted octanol–water partition coefficient (Wildman–Crippen LogP) is 2.93. The molecular weight excluding hydrogens is 236 g/mol. The summed E-state index contributed by atoms with van der Waals surface area (Å²) in [7, 11) is 0. The number of nitrogens with one attached hydrogen (secondary N) is 1. The lowest BCUT2D eigenvalue weighted by Gasteiger charge is -2.17. The van der Waals surface area contributed by atoms with E-state index in [1.54, 1.807) is 12.7 Å². The first kappa shape index (κ1) is 12.2. The summed E-state index contributed by atoms with van der Waals surface area (Å²) >= 11 is 0. The van der Waals surface area contributed by atoms with E-state index >= 15 is 0 Å². The van der Waals surface area contributed by atoms with Crippen LogP contribution in [-0.4, -0.2) is 20.8 Å². The molecule has 1 heterocycles. The molecule has 1 aliphatic carbocycles. The van der Waals surface area contributed by atoms with Crippen LogP contribution in [0.15, 0.2) is 36.9 Å². The molecule has 0 aliphatic heterocycles. The van der Waals surface area contributed by atoms with Gasteiger partial charge in [0.05, 0.1) is 6.54 Å². The first-order valence-corrected chi connectivity index (χ1v) is 6.98. The first-order chi connectivity index (χ1) is 9.31. The largest absolute Gasteiger partial charge is 0.382 e. The minimum absolute atomic E-state index is 0.617. The van der Waals surface area contributed by atoms with Crippen LogP contribution in [0.1, 0.15) is 31.7 Å². The number of benzene rings is 1. The SMILES string of the molecule is C[C@H]1CC[C@H](Nc2ccccc2Cn2cncn2)C1. The third-order valence-electron chi connectivity index (χ3n) is 3.87. The van der Waals surface area contributed by atoms with Gasteiger partial charge in [0.25, 0.3) is 0 Å². The standard InChI is InChI=1S/C15H20N4/c1-12-6-7-14(8-12)18-15-5-3-2-4-13(15)9-19-11-16-10-17-19/h2-5,10-12,14,18H,6-9H2,1H3/t12-,14-/m0/s1. The Morgan fingerprint density at radius 1 is 1.32 bits per heavy atom. The van der Waals surface area contributed by atoms with Gasteiger partial charge in [-0.2, -0.15) is 5.10 Å². The van der Waals surface area contributed by atoms with Crippen molar-refractivity contribution < 1.29 is 0 Å². The van der Waals surface area contributed by atoms with Gasteiger partial charge in [-0.25, -0.2) is 9.67 Å². The molecule has 1 aromatic carbocycles. The molecule has 0 amide bonds. The average molecular weight is 256 g/mol. The van der Waals surface area contributed by atoms with E-state index in [1.807, 2.05) is 4.68 Å². The molecule has 4 heteroatoms. The van der Waals surface area contributed by atoms with Gasteiger partial charge in [-0.3, -0.25) is 0 Å². The highest BCUT2D eigenvalue weighted by Crippen LogP contribution is 2.28. The van der Waals surface area contributed by atoms with Gasteiger partial charge < -0.3 is 5.32 Å². The number of rotatable bonds is 4. The van der Waals surface area contributed by atoms with Crippen LogP contribution in [0.5, 0.6) is 0 Å². The molecule has 0 bridgehead atoms. The van der Waals surface area contributed by atoms with Gasteiger partial charge in [-0.1, -0.05) is 25.1 Å². The van der Waals surface area contributed by atoms with Gasteiger partial charge in [0.15, 0.2) is 0 Å². The Morgan fingerprint density at radius 2 is 2.21 bits per heavy atom. The van der Waals surface area contributed by atoms with Crippen LogP contribution >= 0.6 is 0 Å². The summed E-state index contributed by atoms with van der Waals surface area (Å²) < 4.78 is 1.86. The molecule has 1 N–H and O–H groups in total. The van der Waals surface area contributed by atoms with Crippen molar-refractivity contribution in [3.63, 3.8) is 0 Å². The van der Waals surface area contributed by atoms with Crippen molar-refractivity contribution in [3.05, 3.63) is 42.5 Å². The van der Waals surface area contributed by atoms with Crippen molar-refractivity contribution in [1.82, 2.24) is 14.8 Å². The molecular formula is C15H20N4. The summed E-state index contributed by atoms with van der Waals surface area (Å²) in [6, 6.07) is 9.10. The minimum Gasteiger partial charge on any atom is -0.382 e. The van der Waals surface area contributed by atoms with Crippen LogP contribution in [0.2, 0.25) is 0 Å². The number of aromatic nitrogens is 3. The zero-order valence-corrected chi connectivity index (χ0v) is 11.3. The van der Waals surface area contributed by atoms with Crippen LogP contribution in [0, 0.1) is 5.92 Å². The van der Waals surface area contributed by atoms with E-state index < -0.39 is 0 Å². The molecule has 19 heavy (non-hydrogen) atoms. The van der Waals surface area contributed by atoms with Crippen LogP contribution < -0.4 is 5.32 Å². The van der Waals surface area contributed by atoms with E-state index in [2.05, 4.69) is 46.6 Å². The Hall–Kier alpha value is -1.84. The van der Waals surface area contributed by atoms with Gasteiger partial charge in [-0.05, 0) is 36.8 Å². The smallest absolute Gasteiger partial charge is 0.137 e. The Kier molecular flexibility index (Phi) is 3.49. The second-order valence-corrected chi connectivity index (χ2v) is 5.51. The van der Waals surface area contributed by atoms with Gasteiger partial charge in [0.2, 0.25) is 0 Å². The highest BCUT2D eigenvalue weighted by Gasteiger charge is 2.21. The molecule has 2 atom stereocenters. The van der Waals surface area contributed by atoms with Gasteiger partial charge in [-0.15, -0.1) is 0 Å². The molecule has 100 valence electrons. The van der Waals surface area contributed by atoms with Crippen molar-refractivity contribution in [2.45, 2.75) is 38.8 Å². The summed E-state index contributed by atoms with van der Waals surface area (Å²) in [5.41, 5.74) is 2.50. The van der Waals surface area contributed by atoms with E-state index in [0.29, 0.717) is 6.04 Å². The molecule has 2 aromatic rings. The quantitative estimate of drug-likeness (QED) is 0.914. The Morgan fingerprint density at radius 3 is 2.95 bits per heavy atom. The second-order valence-electron chi connectivity index (χ2n) is 5.51. The Balaban J connectivity index is 1.73. The van der Waals surface area contributed by atoms with E-state index in [1.165, 1.54) is 30.5 Å². The van der Waals surface area contributed by atoms with Gasteiger partial charge in [0, 0.05) is 11.7 Å². The Labute approximate surface area is 113 Å². The summed E-state index contributed by atoms with van der Waals surface area (Å²) in [5, 5.41) is 7.87. The van der Waals surface area contributed by atoms with Crippen LogP contribution in [0.25, 0.3) is 0 Å². The minimum atomic E-state index is 0.617. The van der Waals surface area contributed by atoms with Crippen molar-refractivity contribution in [2.24, 2.45) is 5.92 Å². The van der Waals surface area contributed by atoms with Crippen molar-refractivity contribution >= 4 is 5.69 Å². The number of anilines is 1. The summed E-state index contributed by atoms with van der Waals surface area (Å²) in [4.78, 5) is 3.99. The van der Waals surface area contributed by atoms with Crippen molar-refractivity contribution in [2.75, 3.05) is 5.32 Å². The maximum absolute atomic E-state index is 4.17. The zero-order chi connectivity index (χ0) is 13.1. The molecule has 0 saturated heterocycles. The van der Waals surface area contributed by atoms with Crippen molar-refractivity contribution in [3.8, 4) is 0 Å². The summed E-state index contributed by atoms with van der Waals surface area (Å²) in [5.74, 6) is 0.847. The molecule has 1 aromatic heterocycles. The fraction of sp³-hybridized carbons (Fsp3) is 0.467. The third kappa shape index (κ3) is 2.95. The van der Waals surface area contributed by atoms with E-state index in [-0.39, 0.29) is 0 Å². The molecule has 0 radical (unpaired) electrons. The zero-order valence-electron chi connectivity index (χ0n) is 11.3. The van der Waals surface area contributed by atoms with Gasteiger partial charge in [0.1, 0.15) is 12.7 Å². The van der Waals surface area contributed by atoms with E-state index in [9.17, 15) is 0 Å².